The molecular formula is C18H13ClF2N2O3. The molecule has 26 heavy (non-hydrogen) atoms. The molecule has 3 N–H and O–H groups in total. The second-order valence-corrected chi connectivity index (χ2v) is 6.18. The predicted molar refractivity (Wildman–Crippen MR) is 92.3 cm³/mol. The Kier molecular flexibility index (Phi) is 4.41. The molecule has 5 nitrogen and oxygen atoms in total. The molecule has 0 aliphatic heterocycles. The fourth-order valence-electron chi connectivity index (χ4n) is 2.94. The molecule has 0 fully saturated rings. The van der Waals surface area contributed by atoms with Gasteiger partial charge in [-0.2, -0.15) is 0 Å². The summed E-state index contributed by atoms with van der Waals surface area (Å²) in [5.74, 6) is -3.71. The number of nitrogens with zero attached hydrogens (tertiary/aromatic N) is 1. The van der Waals surface area contributed by atoms with Crippen LogP contribution in [0.25, 0.3) is 10.9 Å². The van der Waals surface area contributed by atoms with Gasteiger partial charge in [-0.1, -0.05) is 11.6 Å². The number of primary amides is 1. The highest BCUT2D eigenvalue weighted by Gasteiger charge is 2.24. The number of phenolic OH excluding ortho intramolecular Hbond substituents is 1. The lowest BCUT2D eigenvalue weighted by molar-refractivity contribution is -0.117. The van der Waals surface area contributed by atoms with Gasteiger partial charge in [-0.25, -0.2) is 8.78 Å². The van der Waals surface area contributed by atoms with Crippen LogP contribution in [0, 0.1) is 18.6 Å². The molecule has 0 unspecified atom stereocenters. The standard InChI is InChI=1S/C18H13ClF2N2O3/c1-8-10(7-15(22)25)16-13(4-5-14(24)17(16)21)23(8)18(26)9-2-3-11(19)12(20)6-9/h2-6,24H,7H2,1H3,(H2,22,25). The molecule has 1 amide bonds. The number of carbonyl (C=O) groups excluding carboxylic acids is 2. The number of hydrogen-bond donors (Lipinski definition) is 2. The van der Waals surface area contributed by atoms with E-state index in [1.165, 1.54) is 25.1 Å². The average Bonchev–Trinajstić information content (AvgIpc) is 2.85. The van der Waals surface area contributed by atoms with E-state index < -0.39 is 29.2 Å². The minimum atomic E-state index is -0.962. The van der Waals surface area contributed by atoms with Crippen LogP contribution in [0.3, 0.4) is 0 Å². The van der Waals surface area contributed by atoms with E-state index in [0.29, 0.717) is 0 Å². The molecule has 0 radical (unpaired) electrons. The largest absolute Gasteiger partial charge is 0.505 e. The van der Waals surface area contributed by atoms with Gasteiger partial charge in [0.15, 0.2) is 11.6 Å². The van der Waals surface area contributed by atoms with Crippen molar-refractivity contribution in [2.24, 2.45) is 5.73 Å². The average molecular weight is 379 g/mol. The van der Waals surface area contributed by atoms with E-state index in [-0.39, 0.29) is 39.2 Å². The SMILES string of the molecule is Cc1c(CC(N)=O)c2c(F)c(O)ccc2n1C(=O)c1ccc(Cl)c(F)c1. The van der Waals surface area contributed by atoms with Gasteiger partial charge < -0.3 is 10.8 Å². The molecule has 1 heterocycles. The summed E-state index contributed by atoms with van der Waals surface area (Å²) in [5, 5.41) is 9.43. The third kappa shape index (κ3) is 2.80. The Morgan fingerprint density at radius 2 is 1.92 bits per heavy atom. The Hall–Kier alpha value is -2.93. The third-order valence-electron chi connectivity index (χ3n) is 4.14. The zero-order valence-electron chi connectivity index (χ0n) is 13.5. The molecule has 3 aromatic rings. The fraction of sp³-hybridized carbons (Fsp3) is 0.111. The van der Waals surface area contributed by atoms with E-state index in [2.05, 4.69) is 0 Å². The van der Waals surface area contributed by atoms with Crippen molar-refractivity contribution in [1.82, 2.24) is 4.57 Å². The van der Waals surface area contributed by atoms with Crippen molar-refractivity contribution in [1.29, 1.82) is 0 Å². The number of rotatable bonds is 3. The van der Waals surface area contributed by atoms with Gasteiger partial charge in [-0.05, 0) is 42.8 Å². The Morgan fingerprint density at radius 1 is 1.23 bits per heavy atom. The van der Waals surface area contributed by atoms with Crippen LogP contribution in [0.1, 0.15) is 21.6 Å². The number of hydrogen-bond acceptors (Lipinski definition) is 3. The zero-order valence-corrected chi connectivity index (χ0v) is 14.3. The molecule has 0 spiro atoms. The first-order chi connectivity index (χ1) is 12.2. The van der Waals surface area contributed by atoms with Gasteiger partial charge in [0, 0.05) is 16.6 Å². The lowest BCUT2D eigenvalue weighted by Gasteiger charge is -2.08. The van der Waals surface area contributed by atoms with Crippen LogP contribution in [-0.2, 0) is 11.2 Å². The van der Waals surface area contributed by atoms with Crippen LogP contribution < -0.4 is 5.73 Å². The van der Waals surface area contributed by atoms with E-state index in [4.69, 9.17) is 17.3 Å². The fourth-order valence-corrected chi connectivity index (χ4v) is 3.05. The summed E-state index contributed by atoms with van der Waals surface area (Å²) in [6.45, 7) is 1.51. The summed E-state index contributed by atoms with van der Waals surface area (Å²) >= 11 is 5.64. The molecule has 0 aliphatic rings. The smallest absolute Gasteiger partial charge is 0.262 e. The summed E-state index contributed by atoms with van der Waals surface area (Å²) in [6.07, 6.45) is -0.321. The first-order valence-electron chi connectivity index (χ1n) is 7.51. The second kappa shape index (κ2) is 6.42. The lowest BCUT2D eigenvalue weighted by atomic mass is 10.1. The number of aromatic hydroxyl groups is 1. The van der Waals surface area contributed by atoms with Crippen LogP contribution in [0.4, 0.5) is 8.78 Å². The van der Waals surface area contributed by atoms with Gasteiger partial charge >= 0.3 is 0 Å². The molecule has 134 valence electrons. The predicted octanol–water partition coefficient (Wildman–Crippen LogP) is 3.30. The Balaban J connectivity index is 2.30. The van der Waals surface area contributed by atoms with E-state index in [0.717, 1.165) is 16.7 Å². The van der Waals surface area contributed by atoms with Gasteiger partial charge in [0.2, 0.25) is 5.91 Å². The number of benzene rings is 2. The summed E-state index contributed by atoms with van der Waals surface area (Å²) < 4.78 is 29.3. The Morgan fingerprint density at radius 3 is 2.54 bits per heavy atom. The van der Waals surface area contributed by atoms with Crippen LogP contribution in [0.5, 0.6) is 5.75 Å². The van der Waals surface area contributed by atoms with Crippen LogP contribution in [0.2, 0.25) is 5.02 Å². The molecular weight excluding hydrogens is 366 g/mol. The highest BCUT2D eigenvalue weighted by atomic mass is 35.5. The van der Waals surface area contributed by atoms with E-state index in [9.17, 15) is 23.5 Å². The minimum Gasteiger partial charge on any atom is -0.505 e. The van der Waals surface area contributed by atoms with Gasteiger partial charge in [-0.3, -0.25) is 14.2 Å². The Bertz CT molecular complexity index is 1080. The first-order valence-corrected chi connectivity index (χ1v) is 7.89. The highest BCUT2D eigenvalue weighted by molar-refractivity contribution is 6.30. The second-order valence-electron chi connectivity index (χ2n) is 5.77. The van der Waals surface area contributed by atoms with Gasteiger partial charge in [0.05, 0.1) is 17.0 Å². The molecule has 2 aromatic carbocycles. The molecule has 0 saturated carbocycles. The number of halogens is 3. The third-order valence-corrected chi connectivity index (χ3v) is 4.44. The Labute approximate surface area is 151 Å². The van der Waals surface area contributed by atoms with Gasteiger partial charge in [-0.15, -0.1) is 0 Å². The molecule has 0 saturated heterocycles. The highest BCUT2D eigenvalue weighted by Crippen LogP contribution is 2.33. The van der Waals surface area contributed by atoms with Gasteiger partial charge in [0.1, 0.15) is 5.82 Å². The quantitative estimate of drug-likeness (QED) is 0.733. The van der Waals surface area contributed by atoms with E-state index >= 15 is 0 Å². The maximum Gasteiger partial charge on any atom is 0.262 e. The summed E-state index contributed by atoms with van der Waals surface area (Å²) in [7, 11) is 0. The molecule has 1 aromatic heterocycles. The van der Waals surface area contributed by atoms with Crippen LogP contribution in [-0.4, -0.2) is 21.5 Å². The number of fused-ring (bicyclic) bond motifs is 1. The van der Waals surface area contributed by atoms with Crippen molar-refractivity contribution in [3.63, 3.8) is 0 Å². The molecule has 0 bridgehead atoms. The number of carbonyl (C=O) groups is 2. The normalized spacial score (nSPS) is 11.1. The topological polar surface area (TPSA) is 85.3 Å². The number of aromatic nitrogens is 1. The molecule has 0 atom stereocenters. The lowest BCUT2D eigenvalue weighted by Crippen LogP contribution is -2.16. The minimum absolute atomic E-state index is 0.00833. The molecule has 3 rings (SSSR count). The zero-order chi connectivity index (χ0) is 19.2. The maximum atomic E-state index is 14.5. The van der Waals surface area contributed by atoms with Crippen molar-refractivity contribution >= 4 is 34.3 Å². The number of phenols is 1. The van der Waals surface area contributed by atoms with Crippen molar-refractivity contribution in [2.45, 2.75) is 13.3 Å². The van der Waals surface area contributed by atoms with Crippen molar-refractivity contribution in [3.05, 3.63) is 63.8 Å². The summed E-state index contributed by atoms with van der Waals surface area (Å²) in [5.41, 5.74) is 5.80. The number of amides is 1. The summed E-state index contributed by atoms with van der Waals surface area (Å²) in [6, 6.07) is 5.98. The van der Waals surface area contributed by atoms with Crippen molar-refractivity contribution in [2.75, 3.05) is 0 Å². The summed E-state index contributed by atoms with van der Waals surface area (Å²) in [4.78, 5) is 24.3. The molecule has 0 aliphatic carbocycles. The van der Waals surface area contributed by atoms with Gasteiger partial charge in [0.25, 0.3) is 5.91 Å². The maximum absolute atomic E-state index is 14.5. The monoisotopic (exact) mass is 378 g/mol. The van der Waals surface area contributed by atoms with E-state index in [1.807, 2.05) is 0 Å². The molecule has 8 heteroatoms. The first kappa shape index (κ1) is 17.9. The van der Waals surface area contributed by atoms with E-state index in [1.54, 1.807) is 0 Å². The van der Waals surface area contributed by atoms with Crippen LogP contribution in [0.15, 0.2) is 30.3 Å². The van der Waals surface area contributed by atoms with Crippen molar-refractivity contribution in [3.8, 4) is 5.75 Å². The van der Waals surface area contributed by atoms with Crippen LogP contribution >= 0.6 is 11.6 Å². The van der Waals surface area contributed by atoms with Crippen molar-refractivity contribution < 1.29 is 23.5 Å². The number of nitrogens with two attached hydrogens (primary N) is 1.